The molecule has 2 aromatic carbocycles. The van der Waals surface area contributed by atoms with E-state index in [2.05, 4.69) is 10.5 Å². The SMILES string of the molecule is O=C(O)c1ccc(C=NNC(=O)c2ccc(O)cc2)cc1. The number of nitrogens with one attached hydrogen (secondary N) is 1. The van der Waals surface area contributed by atoms with Crippen molar-refractivity contribution >= 4 is 18.1 Å². The molecular weight excluding hydrogens is 272 g/mol. The molecule has 0 spiro atoms. The molecule has 0 aromatic heterocycles. The molecular formula is C15H12N2O4. The van der Waals surface area contributed by atoms with Gasteiger partial charge in [-0.3, -0.25) is 4.79 Å². The van der Waals surface area contributed by atoms with Crippen LogP contribution in [0.2, 0.25) is 0 Å². The summed E-state index contributed by atoms with van der Waals surface area (Å²) >= 11 is 0. The molecule has 0 saturated carbocycles. The van der Waals surface area contributed by atoms with E-state index in [-0.39, 0.29) is 11.3 Å². The Morgan fingerprint density at radius 1 is 0.952 bits per heavy atom. The standard InChI is InChI=1S/C15H12N2O4/c18-13-7-5-11(6-8-13)14(19)17-16-9-10-1-3-12(4-2-10)15(20)21/h1-9,18H,(H,17,19)(H,20,21). The second-order valence-corrected chi connectivity index (χ2v) is 4.17. The van der Waals surface area contributed by atoms with Crippen LogP contribution in [-0.2, 0) is 0 Å². The van der Waals surface area contributed by atoms with Crippen LogP contribution in [-0.4, -0.2) is 28.3 Å². The van der Waals surface area contributed by atoms with Crippen LogP contribution in [0.3, 0.4) is 0 Å². The van der Waals surface area contributed by atoms with Crippen LogP contribution in [0.1, 0.15) is 26.3 Å². The van der Waals surface area contributed by atoms with E-state index < -0.39 is 11.9 Å². The highest BCUT2D eigenvalue weighted by atomic mass is 16.4. The van der Waals surface area contributed by atoms with Crippen molar-refractivity contribution in [3.05, 3.63) is 65.2 Å². The third-order valence-corrected chi connectivity index (χ3v) is 2.67. The van der Waals surface area contributed by atoms with E-state index in [1.807, 2.05) is 0 Å². The van der Waals surface area contributed by atoms with Crippen LogP contribution in [0, 0.1) is 0 Å². The van der Waals surface area contributed by atoms with Gasteiger partial charge in [0, 0.05) is 5.56 Å². The average molecular weight is 284 g/mol. The largest absolute Gasteiger partial charge is 0.508 e. The molecule has 0 saturated heterocycles. The number of amides is 1. The number of benzene rings is 2. The molecule has 2 rings (SSSR count). The Morgan fingerprint density at radius 3 is 2.10 bits per heavy atom. The summed E-state index contributed by atoms with van der Waals surface area (Å²) < 4.78 is 0. The number of hydrogen-bond donors (Lipinski definition) is 3. The first-order valence-electron chi connectivity index (χ1n) is 6.02. The number of phenols is 1. The summed E-state index contributed by atoms with van der Waals surface area (Å²) in [4.78, 5) is 22.4. The van der Waals surface area contributed by atoms with Crippen LogP contribution in [0.25, 0.3) is 0 Å². The molecule has 6 heteroatoms. The van der Waals surface area contributed by atoms with Crippen molar-refractivity contribution in [3.8, 4) is 5.75 Å². The van der Waals surface area contributed by atoms with Gasteiger partial charge in [0.1, 0.15) is 5.75 Å². The van der Waals surface area contributed by atoms with E-state index in [1.54, 1.807) is 12.1 Å². The van der Waals surface area contributed by atoms with Crippen molar-refractivity contribution in [2.45, 2.75) is 0 Å². The lowest BCUT2D eigenvalue weighted by Crippen LogP contribution is -2.17. The number of aromatic hydroxyl groups is 1. The van der Waals surface area contributed by atoms with Gasteiger partial charge in [0.2, 0.25) is 0 Å². The van der Waals surface area contributed by atoms with Crippen molar-refractivity contribution in [1.29, 1.82) is 0 Å². The molecule has 21 heavy (non-hydrogen) atoms. The molecule has 0 fully saturated rings. The summed E-state index contributed by atoms with van der Waals surface area (Å²) in [5, 5.41) is 21.7. The Morgan fingerprint density at radius 2 is 1.52 bits per heavy atom. The van der Waals surface area contributed by atoms with Crippen LogP contribution in [0.4, 0.5) is 0 Å². The van der Waals surface area contributed by atoms with Gasteiger partial charge in [0.25, 0.3) is 5.91 Å². The lowest BCUT2D eigenvalue weighted by atomic mass is 10.1. The molecule has 6 nitrogen and oxygen atoms in total. The smallest absolute Gasteiger partial charge is 0.335 e. The minimum atomic E-state index is -1.00. The zero-order chi connectivity index (χ0) is 15.2. The Balaban J connectivity index is 1.97. The summed E-state index contributed by atoms with van der Waals surface area (Å²) in [5.41, 5.74) is 3.54. The summed E-state index contributed by atoms with van der Waals surface area (Å²) in [6.45, 7) is 0. The minimum Gasteiger partial charge on any atom is -0.508 e. The summed E-state index contributed by atoms with van der Waals surface area (Å²) in [6.07, 6.45) is 1.41. The third kappa shape index (κ3) is 3.90. The van der Waals surface area contributed by atoms with E-state index in [9.17, 15) is 9.59 Å². The van der Waals surface area contributed by atoms with Gasteiger partial charge in [-0.15, -0.1) is 0 Å². The second-order valence-electron chi connectivity index (χ2n) is 4.17. The summed E-state index contributed by atoms with van der Waals surface area (Å²) in [7, 11) is 0. The number of hydrazone groups is 1. The number of hydrogen-bond acceptors (Lipinski definition) is 4. The first-order chi connectivity index (χ1) is 10.1. The highest BCUT2D eigenvalue weighted by Crippen LogP contribution is 2.09. The van der Waals surface area contributed by atoms with Gasteiger partial charge >= 0.3 is 5.97 Å². The summed E-state index contributed by atoms with van der Waals surface area (Å²) in [6, 6.07) is 11.8. The van der Waals surface area contributed by atoms with Gasteiger partial charge in [-0.05, 0) is 42.0 Å². The molecule has 0 radical (unpaired) electrons. The molecule has 0 unspecified atom stereocenters. The number of nitrogens with zero attached hydrogens (tertiary/aromatic N) is 1. The van der Waals surface area contributed by atoms with Gasteiger partial charge in [-0.2, -0.15) is 5.10 Å². The van der Waals surface area contributed by atoms with Crippen molar-refractivity contribution in [1.82, 2.24) is 5.43 Å². The van der Waals surface area contributed by atoms with Crippen molar-refractivity contribution in [2.75, 3.05) is 0 Å². The first-order valence-corrected chi connectivity index (χ1v) is 6.02. The zero-order valence-corrected chi connectivity index (χ0v) is 10.9. The highest BCUT2D eigenvalue weighted by molar-refractivity contribution is 5.95. The molecule has 0 aliphatic carbocycles. The quantitative estimate of drug-likeness (QED) is 0.589. The first kappa shape index (κ1) is 14.3. The van der Waals surface area contributed by atoms with Crippen LogP contribution >= 0.6 is 0 Å². The minimum absolute atomic E-state index is 0.0774. The maximum Gasteiger partial charge on any atom is 0.335 e. The van der Waals surface area contributed by atoms with Crippen molar-refractivity contribution in [3.63, 3.8) is 0 Å². The molecule has 0 bridgehead atoms. The number of phenolic OH excluding ortho intramolecular Hbond substituents is 1. The Hall–Kier alpha value is -3.15. The average Bonchev–Trinajstić information content (AvgIpc) is 2.48. The van der Waals surface area contributed by atoms with E-state index >= 15 is 0 Å². The van der Waals surface area contributed by atoms with Crippen LogP contribution < -0.4 is 5.43 Å². The molecule has 106 valence electrons. The van der Waals surface area contributed by atoms with Crippen LogP contribution in [0.15, 0.2) is 53.6 Å². The molecule has 0 heterocycles. The maximum atomic E-state index is 11.7. The highest BCUT2D eigenvalue weighted by Gasteiger charge is 2.03. The van der Waals surface area contributed by atoms with Crippen molar-refractivity contribution in [2.24, 2.45) is 5.10 Å². The number of carboxylic acids is 1. The zero-order valence-electron chi connectivity index (χ0n) is 10.9. The molecule has 0 atom stereocenters. The van der Waals surface area contributed by atoms with Gasteiger partial charge in [0.15, 0.2) is 0 Å². The normalized spacial score (nSPS) is 10.5. The monoisotopic (exact) mass is 284 g/mol. The Bertz CT molecular complexity index is 676. The fourth-order valence-corrected chi connectivity index (χ4v) is 1.55. The Labute approximate surface area is 120 Å². The fraction of sp³-hybridized carbons (Fsp3) is 0. The Kier molecular flexibility index (Phi) is 4.30. The van der Waals surface area contributed by atoms with Gasteiger partial charge in [-0.25, -0.2) is 10.2 Å². The topological polar surface area (TPSA) is 99.0 Å². The molecule has 0 aliphatic heterocycles. The van der Waals surface area contributed by atoms with E-state index in [0.29, 0.717) is 11.1 Å². The fourth-order valence-electron chi connectivity index (χ4n) is 1.55. The van der Waals surface area contributed by atoms with Crippen molar-refractivity contribution < 1.29 is 19.8 Å². The molecule has 3 N–H and O–H groups in total. The lowest BCUT2D eigenvalue weighted by Gasteiger charge is -2.00. The van der Waals surface area contributed by atoms with Crippen LogP contribution in [0.5, 0.6) is 5.75 Å². The van der Waals surface area contributed by atoms with Gasteiger partial charge in [0.05, 0.1) is 11.8 Å². The lowest BCUT2D eigenvalue weighted by molar-refractivity contribution is 0.0696. The number of carbonyl (C=O) groups is 2. The van der Waals surface area contributed by atoms with Gasteiger partial charge < -0.3 is 10.2 Å². The molecule has 2 aromatic rings. The van der Waals surface area contributed by atoms with Gasteiger partial charge in [-0.1, -0.05) is 12.1 Å². The van der Waals surface area contributed by atoms with E-state index in [0.717, 1.165) is 0 Å². The molecule has 1 amide bonds. The predicted molar refractivity (Wildman–Crippen MR) is 76.6 cm³/mol. The van der Waals surface area contributed by atoms with E-state index in [1.165, 1.54) is 42.6 Å². The number of aromatic carboxylic acids is 1. The second kappa shape index (κ2) is 6.33. The van der Waals surface area contributed by atoms with E-state index in [4.69, 9.17) is 10.2 Å². The number of carboxylic acid groups (broad SMARTS) is 1. The maximum absolute atomic E-state index is 11.7. The third-order valence-electron chi connectivity index (χ3n) is 2.67. The molecule has 0 aliphatic rings. The predicted octanol–water partition coefficient (Wildman–Crippen LogP) is 1.85. The number of carbonyl (C=O) groups excluding carboxylic acids is 1. The number of rotatable bonds is 4. The summed E-state index contributed by atoms with van der Waals surface area (Å²) in [5.74, 6) is -1.33.